The quantitative estimate of drug-likeness (QED) is 0.706. The minimum atomic E-state index is 0.801. The molecule has 1 aliphatic heterocycles. The van der Waals surface area contributed by atoms with E-state index in [2.05, 4.69) is 33.0 Å². The molecule has 0 radical (unpaired) electrons. The van der Waals surface area contributed by atoms with E-state index in [0.717, 1.165) is 23.8 Å². The van der Waals surface area contributed by atoms with E-state index in [1.807, 2.05) is 0 Å². The molecule has 13 heavy (non-hydrogen) atoms. The molecule has 1 nitrogen and oxygen atoms in total. The van der Waals surface area contributed by atoms with Gasteiger partial charge in [0.05, 0.1) is 0 Å². The average Bonchev–Trinajstić information content (AvgIpc) is 2.50. The van der Waals surface area contributed by atoms with Gasteiger partial charge in [-0.15, -0.1) is 0 Å². The summed E-state index contributed by atoms with van der Waals surface area (Å²) in [5, 5.41) is 3.65. The van der Waals surface area contributed by atoms with Gasteiger partial charge in [0.25, 0.3) is 0 Å². The lowest BCUT2D eigenvalue weighted by Gasteiger charge is -2.26. The lowest BCUT2D eigenvalue weighted by Crippen LogP contribution is -2.31. The molecule has 3 unspecified atom stereocenters. The predicted molar refractivity (Wildman–Crippen MR) is 58.8 cm³/mol. The van der Waals surface area contributed by atoms with Gasteiger partial charge in [-0.05, 0) is 37.1 Å². The lowest BCUT2D eigenvalue weighted by atomic mass is 9.83. The molecule has 1 heterocycles. The van der Waals surface area contributed by atoms with Crippen LogP contribution in [0.4, 0.5) is 0 Å². The Morgan fingerprint density at radius 3 is 2.54 bits per heavy atom. The molecule has 0 spiro atoms. The first-order chi connectivity index (χ1) is 6.15. The van der Waals surface area contributed by atoms with E-state index in [1.54, 1.807) is 0 Å². The summed E-state index contributed by atoms with van der Waals surface area (Å²) in [4.78, 5) is 0. The second-order valence-electron chi connectivity index (χ2n) is 5.03. The van der Waals surface area contributed by atoms with E-state index in [4.69, 9.17) is 0 Å². The van der Waals surface area contributed by atoms with Gasteiger partial charge >= 0.3 is 0 Å². The zero-order valence-corrected chi connectivity index (χ0v) is 9.64. The van der Waals surface area contributed by atoms with Crippen molar-refractivity contribution < 1.29 is 0 Å². The van der Waals surface area contributed by atoms with Gasteiger partial charge in [-0.25, -0.2) is 0 Å². The second kappa shape index (κ2) is 4.99. The minimum Gasteiger partial charge on any atom is -0.314 e. The van der Waals surface area contributed by atoms with Crippen LogP contribution in [-0.4, -0.2) is 12.6 Å². The average molecular weight is 183 g/mol. The Morgan fingerprint density at radius 1 is 1.31 bits per heavy atom. The zero-order chi connectivity index (χ0) is 9.84. The first-order valence-corrected chi connectivity index (χ1v) is 5.88. The van der Waals surface area contributed by atoms with Crippen LogP contribution in [-0.2, 0) is 0 Å². The van der Waals surface area contributed by atoms with Crippen molar-refractivity contribution >= 4 is 0 Å². The van der Waals surface area contributed by atoms with Crippen molar-refractivity contribution in [3.05, 3.63) is 0 Å². The second-order valence-corrected chi connectivity index (χ2v) is 5.03. The highest BCUT2D eigenvalue weighted by Gasteiger charge is 2.30. The fourth-order valence-corrected chi connectivity index (χ4v) is 2.54. The normalized spacial score (nSPS) is 31.2. The van der Waals surface area contributed by atoms with E-state index in [9.17, 15) is 0 Å². The summed E-state index contributed by atoms with van der Waals surface area (Å²) >= 11 is 0. The van der Waals surface area contributed by atoms with Gasteiger partial charge in [0, 0.05) is 6.04 Å². The standard InChI is InChI=1S/C12H25N/c1-5-10(4)11-6-7-13-12(11)8-9(2)3/h9-13H,5-8H2,1-4H3. The maximum Gasteiger partial charge on any atom is 0.0101 e. The minimum absolute atomic E-state index is 0.801. The van der Waals surface area contributed by atoms with Crippen LogP contribution in [0.15, 0.2) is 0 Å². The Bertz CT molecular complexity index is 142. The van der Waals surface area contributed by atoms with Gasteiger partial charge in [-0.1, -0.05) is 34.1 Å². The highest BCUT2D eigenvalue weighted by atomic mass is 15.0. The Kier molecular flexibility index (Phi) is 4.24. The third-order valence-corrected chi connectivity index (χ3v) is 3.50. The van der Waals surface area contributed by atoms with Gasteiger partial charge < -0.3 is 5.32 Å². The van der Waals surface area contributed by atoms with Crippen molar-refractivity contribution in [2.45, 2.75) is 53.0 Å². The number of hydrogen-bond donors (Lipinski definition) is 1. The van der Waals surface area contributed by atoms with Gasteiger partial charge in [-0.2, -0.15) is 0 Å². The van der Waals surface area contributed by atoms with Crippen LogP contribution in [0.5, 0.6) is 0 Å². The first kappa shape index (κ1) is 11.0. The van der Waals surface area contributed by atoms with E-state index in [0.29, 0.717) is 0 Å². The Hall–Kier alpha value is -0.0400. The highest BCUT2D eigenvalue weighted by molar-refractivity contribution is 4.86. The molecule has 0 aromatic carbocycles. The predicted octanol–water partition coefficient (Wildman–Crippen LogP) is 3.06. The maximum absolute atomic E-state index is 3.65. The van der Waals surface area contributed by atoms with Crippen LogP contribution < -0.4 is 5.32 Å². The van der Waals surface area contributed by atoms with Crippen LogP contribution in [0.1, 0.15) is 47.0 Å². The molecule has 0 amide bonds. The fraction of sp³-hybridized carbons (Fsp3) is 1.00. The molecule has 0 aliphatic carbocycles. The highest BCUT2D eigenvalue weighted by Crippen LogP contribution is 2.29. The summed E-state index contributed by atoms with van der Waals surface area (Å²) in [7, 11) is 0. The van der Waals surface area contributed by atoms with Gasteiger partial charge in [0.2, 0.25) is 0 Å². The third kappa shape index (κ3) is 2.98. The van der Waals surface area contributed by atoms with Crippen LogP contribution in [0, 0.1) is 17.8 Å². The molecule has 0 saturated carbocycles. The van der Waals surface area contributed by atoms with Gasteiger partial charge in [0.1, 0.15) is 0 Å². The van der Waals surface area contributed by atoms with Crippen molar-refractivity contribution in [1.29, 1.82) is 0 Å². The lowest BCUT2D eigenvalue weighted by molar-refractivity contribution is 0.283. The topological polar surface area (TPSA) is 12.0 Å². The van der Waals surface area contributed by atoms with Crippen LogP contribution >= 0.6 is 0 Å². The molecule has 0 aromatic heterocycles. The van der Waals surface area contributed by atoms with Crippen molar-refractivity contribution in [2.75, 3.05) is 6.54 Å². The van der Waals surface area contributed by atoms with Crippen LogP contribution in [0.3, 0.4) is 0 Å². The maximum atomic E-state index is 3.65. The molecule has 1 aliphatic rings. The number of nitrogens with one attached hydrogen (secondary N) is 1. The van der Waals surface area contributed by atoms with Crippen molar-refractivity contribution in [3.63, 3.8) is 0 Å². The number of hydrogen-bond acceptors (Lipinski definition) is 1. The summed E-state index contributed by atoms with van der Waals surface area (Å²) in [6.07, 6.45) is 4.09. The Labute approximate surface area is 83.3 Å². The summed E-state index contributed by atoms with van der Waals surface area (Å²) in [6, 6.07) is 0.801. The first-order valence-electron chi connectivity index (χ1n) is 5.88. The van der Waals surface area contributed by atoms with Crippen molar-refractivity contribution in [1.82, 2.24) is 5.32 Å². The largest absolute Gasteiger partial charge is 0.314 e. The molecule has 0 aromatic rings. The van der Waals surface area contributed by atoms with Crippen LogP contribution in [0.25, 0.3) is 0 Å². The molecule has 78 valence electrons. The third-order valence-electron chi connectivity index (χ3n) is 3.50. The van der Waals surface area contributed by atoms with Gasteiger partial charge in [0.15, 0.2) is 0 Å². The Balaban J connectivity index is 2.43. The van der Waals surface area contributed by atoms with E-state index < -0.39 is 0 Å². The molecule has 0 bridgehead atoms. The zero-order valence-electron chi connectivity index (χ0n) is 9.64. The molecule has 1 heteroatoms. The molecule has 1 fully saturated rings. The summed E-state index contributed by atoms with van der Waals surface area (Å²) in [5.74, 6) is 2.67. The Morgan fingerprint density at radius 2 is 2.00 bits per heavy atom. The number of rotatable bonds is 4. The molecule has 1 rings (SSSR count). The molecule has 1 saturated heterocycles. The van der Waals surface area contributed by atoms with Crippen LogP contribution in [0.2, 0.25) is 0 Å². The summed E-state index contributed by atoms with van der Waals surface area (Å²) in [6.45, 7) is 10.6. The van der Waals surface area contributed by atoms with E-state index in [-0.39, 0.29) is 0 Å². The SMILES string of the molecule is CCC(C)C1CCNC1CC(C)C. The smallest absolute Gasteiger partial charge is 0.0101 e. The molecular weight excluding hydrogens is 158 g/mol. The van der Waals surface area contributed by atoms with Gasteiger partial charge in [-0.3, -0.25) is 0 Å². The van der Waals surface area contributed by atoms with Crippen molar-refractivity contribution in [2.24, 2.45) is 17.8 Å². The summed E-state index contributed by atoms with van der Waals surface area (Å²) < 4.78 is 0. The fourth-order valence-electron chi connectivity index (χ4n) is 2.54. The van der Waals surface area contributed by atoms with E-state index >= 15 is 0 Å². The monoisotopic (exact) mass is 183 g/mol. The molecular formula is C12H25N. The van der Waals surface area contributed by atoms with E-state index in [1.165, 1.54) is 25.8 Å². The molecule has 1 N–H and O–H groups in total. The van der Waals surface area contributed by atoms with Crippen molar-refractivity contribution in [3.8, 4) is 0 Å². The molecule has 3 atom stereocenters. The summed E-state index contributed by atoms with van der Waals surface area (Å²) in [5.41, 5.74) is 0.